The Kier molecular flexibility index (Phi) is 4.05. The standard InChI is InChI=1S/C17H22N4O2S/c1-11-8-9-13(23-11)14(20(2)12-6-4-3-5-7-12)15-16(22)21-17(24-15)18-10-19-21/h8-10,12,14,22H,3-7H2,1-2H3. The largest absolute Gasteiger partial charge is 0.492 e. The molecule has 3 aromatic rings. The van der Waals surface area contributed by atoms with E-state index in [0.29, 0.717) is 11.0 Å². The van der Waals surface area contributed by atoms with Crippen LogP contribution in [-0.4, -0.2) is 37.7 Å². The Morgan fingerprint density at radius 3 is 2.79 bits per heavy atom. The lowest BCUT2D eigenvalue weighted by Gasteiger charge is -2.35. The number of aryl methyl sites for hydroxylation is 1. The van der Waals surface area contributed by atoms with E-state index >= 15 is 0 Å². The van der Waals surface area contributed by atoms with Gasteiger partial charge in [0.05, 0.1) is 4.88 Å². The number of aromatic nitrogens is 3. The van der Waals surface area contributed by atoms with Crippen molar-refractivity contribution in [2.24, 2.45) is 0 Å². The van der Waals surface area contributed by atoms with Gasteiger partial charge in [-0.2, -0.15) is 9.61 Å². The number of thiazole rings is 1. The molecule has 0 saturated heterocycles. The highest BCUT2D eigenvalue weighted by molar-refractivity contribution is 7.17. The van der Waals surface area contributed by atoms with Crippen molar-refractivity contribution in [3.8, 4) is 5.88 Å². The second kappa shape index (κ2) is 6.22. The van der Waals surface area contributed by atoms with E-state index in [9.17, 15) is 5.11 Å². The lowest BCUT2D eigenvalue weighted by Crippen LogP contribution is -2.36. The van der Waals surface area contributed by atoms with Gasteiger partial charge in [-0.15, -0.1) is 0 Å². The van der Waals surface area contributed by atoms with Crippen LogP contribution in [0.15, 0.2) is 22.9 Å². The first-order chi connectivity index (χ1) is 11.6. The average Bonchev–Trinajstić information content (AvgIpc) is 3.29. The van der Waals surface area contributed by atoms with Crippen LogP contribution in [0.25, 0.3) is 4.96 Å². The molecule has 1 N–H and O–H groups in total. The maximum atomic E-state index is 10.7. The lowest BCUT2D eigenvalue weighted by atomic mass is 9.93. The molecule has 3 aromatic heterocycles. The number of hydrogen-bond donors (Lipinski definition) is 1. The summed E-state index contributed by atoms with van der Waals surface area (Å²) in [6, 6.07) is 4.37. The summed E-state index contributed by atoms with van der Waals surface area (Å²) in [5.74, 6) is 1.90. The van der Waals surface area contributed by atoms with Crippen LogP contribution >= 0.6 is 11.3 Å². The summed E-state index contributed by atoms with van der Waals surface area (Å²) in [6.07, 6.45) is 7.69. The van der Waals surface area contributed by atoms with E-state index in [4.69, 9.17) is 4.42 Å². The van der Waals surface area contributed by atoms with E-state index in [1.165, 1.54) is 54.3 Å². The van der Waals surface area contributed by atoms with Gasteiger partial charge in [0.1, 0.15) is 23.9 Å². The monoisotopic (exact) mass is 346 g/mol. The molecule has 7 heteroatoms. The molecule has 0 amide bonds. The van der Waals surface area contributed by atoms with Crippen molar-refractivity contribution >= 4 is 16.3 Å². The molecule has 3 heterocycles. The lowest BCUT2D eigenvalue weighted by molar-refractivity contribution is 0.143. The van der Waals surface area contributed by atoms with Crippen LogP contribution in [0, 0.1) is 6.92 Å². The van der Waals surface area contributed by atoms with Gasteiger partial charge in [-0.3, -0.25) is 4.90 Å². The molecule has 0 aliphatic heterocycles. The second-order valence-corrected chi connectivity index (χ2v) is 7.56. The van der Waals surface area contributed by atoms with Crippen LogP contribution in [0.4, 0.5) is 0 Å². The first kappa shape index (κ1) is 15.7. The maximum absolute atomic E-state index is 10.7. The van der Waals surface area contributed by atoms with Crippen molar-refractivity contribution in [2.75, 3.05) is 7.05 Å². The third-order valence-corrected chi connectivity index (χ3v) is 6.06. The maximum Gasteiger partial charge on any atom is 0.230 e. The summed E-state index contributed by atoms with van der Waals surface area (Å²) in [6.45, 7) is 1.95. The summed E-state index contributed by atoms with van der Waals surface area (Å²) in [5, 5.41) is 14.8. The number of rotatable bonds is 4. The van der Waals surface area contributed by atoms with Gasteiger partial charge in [0.2, 0.25) is 10.8 Å². The molecule has 0 aromatic carbocycles. The van der Waals surface area contributed by atoms with Crippen LogP contribution in [0.3, 0.4) is 0 Å². The number of aromatic hydroxyl groups is 1. The molecule has 1 aliphatic rings. The van der Waals surface area contributed by atoms with E-state index < -0.39 is 0 Å². The Hall–Kier alpha value is -1.86. The third kappa shape index (κ3) is 2.61. The normalized spacial score (nSPS) is 17.8. The highest BCUT2D eigenvalue weighted by Gasteiger charge is 2.33. The van der Waals surface area contributed by atoms with Gasteiger partial charge in [0.25, 0.3) is 0 Å². The molecule has 1 saturated carbocycles. The Morgan fingerprint density at radius 2 is 2.12 bits per heavy atom. The van der Waals surface area contributed by atoms with Crippen molar-refractivity contribution in [1.82, 2.24) is 19.5 Å². The molecule has 1 unspecified atom stereocenters. The number of nitrogens with zero attached hydrogens (tertiary/aromatic N) is 4. The van der Waals surface area contributed by atoms with Crippen molar-refractivity contribution in [3.05, 3.63) is 34.9 Å². The minimum absolute atomic E-state index is 0.115. The molecule has 0 bridgehead atoms. The zero-order chi connectivity index (χ0) is 16.7. The molecule has 1 atom stereocenters. The van der Waals surface area contributed by atoms with Gasteiger partial charge in [0.15, 0.2) is 0 Å². The third-order valence-electron chi connectivity index (χ3n) is 4.98. The molecule has 0 spiro atoms. The Balaban J connectivity index is 1.77. The molecule has 24 heavy (non-hydrogen) atoms. The molecule has 6 nitrogen and oxygen atoms in total. The second-order valence-electron chi connectivity index (χ2n) is 6.55. The van der Waals surface area contributed by atoms with Gasteiger partial charge in [0, 0.05) is 6.04 Å². The number of furan rings is 1. The zero-order valence-corrected chi connectivity index (χ0v) is 14.8. The summed E-state index contributed by atoms with van der Waals surface area (Å²) >= 11 is 1.47. The van der Waals surface area contributed by atoms with E-state index in [0.717, 1.165) is 16.4 Å². The van der Waals surface area contributed by atoms with Crippen LogP contribution < -0.4 is 0 Å². The minimum Gasteiger partial charge on any atom is -0.492 e. The van der Waals surface area contributed by atoms with Gasteiger partial charge in [-0.1, -0.05) is 30.6 Å². The van der Waals surface area contributed by atoms with Crippen LogP contribution in [0.1, 0.15) is 54.5 Å². The van der Waals surface area contributed by atoms with Crippen LogP contribution in [0.2, 0.25) is 0 Å². The molecule has 1 aliphatic carbocycles. The fourth-order valence-electron chi connectivity index (χ4n) is 3.69. The Morgan fingerprint density at radius 1 is 1.33 bits per heavy atom. The molecule has 0 radical (unpaired) electrons. The fraction of sp³-hybridized carbons (Fsp3) is 0.529. The summed E-state index contributed by atoms with van der Waals surface area (Å²) in [4.78, 5) is 8.11. The first-order valence-corrected chi connectivity index (χ1v) is 9.26. The topological polar surface area (TPSA) is 66.8 Å². The van der Waals surface area contributed by atoms with E-state index in [2.05, 4.69) is 22.0 Å². The summed E-state index contributed by atoms with van der Waals surface area (Å²) in [5.41, 5.74) is 0. The van der Waals surface area contributed by atoms with Crippen molar-refractivity contribution in [3.63, 3.8) is 0 Å². The van der Waals surface area contributed by atoms with Gasteiger partial charge >= 0.3 is 0 Å². The van der Waals surface area contributed by atoms with Crippen molar-refractivity contribution in [2.45, 2.75) is 51.1 Å². The fourth-order valence-corrected chi connectivity index (χ4v) is 4.78. The van der Waals surface area contributed by atoms with E-state index in [-0.39, 0.29) is 11.9 Å². The van der Waals surface area contributed by atoms with Gasteiger partial charge in [-0.05, 0) is 38.9 Å². The van der Waals surface area contributed by atoms with Crippen molar-refractivity contribution in [1.29, 1.82) is 0 Å². The SMILES string of the molecule is Cc1ccc(C(c2sc3ncnn3c2O)N(C)C2CCCCC2)o1. The quantitative estimate of drug-likeness (QED) is 0.779. The molecule has 1 fully saturated rings. The molecule has 128 valence electrons. The Bertz CT molecular complexity index is 831. The van der Waals surface area contributed by atoms with Crippen LogP contribution in [-0.2, 0) is 0 Å². The summed E-state index contributed by atoms with van der Waals surface area (Å²) in [7, 11) is 2.13. The highest BCUT2D eigenvalue weighted by Crippen LogP contribution is 2.41. The molecular formula is C17H22N4O2S. The van der Waals surface area contributed by atoms with E-state index in [1.807, 2.05) is 19.1 Å². The predicted molar refractivity (Wildman–Crippen MR) is 92.5 cm³/mol. The average molecular weight is 346 g/mol. The highest BCUT2D eigenvalue weighted by atomic mass is 32.1. The van der Waals surface area contributed by atoms with Gasteiger partial charge in [-0.25, -0.2) is 4.98 Å². The van der Waals surface area contributed by atoms with Crippen LogP contribution in [0.5, 0.6) is 5.88 Å². The zero-order valence-electron chi connectivity index (χ0n) is 14.0. The smallest absolute Gasteiger partial charge is 0.230 e. The predicted octanol–water partition coefficient (Wildman–Crippen LogP) is 3.75. The van der Waals surface area contributed by atoms with Gasteiger partial charge < -0.3 is 9.52 Å². The molecule has 4 rings (SSSR count). The molecular weight excluding hydrogens is 324 g/mol. The number of hydrogen-bond acceptors (Lipinski definition) is 6. The van der Waals surface area contributed by atoms with Crippen molar-refractivity contribution < 1.29 is 9.52 Å². The first-order valence-electron chi connectivity index (χ1n) is 8.45. The Labute approximate surface area is 144 Å². The minimum atomic E-state index is -0.115. The summed E-state index contributed by atoms with van der Waals surface area (Å²) < 4.78 is 7.44. The van der Waals surface area contributed by atoms with E-state index in [1.54, 1.807) is 0 Å². The number of fused-ring (bicyclic) bond motifs is 1.